The standard InChI is InChI=1S/C21H24FN5O2/c1-29-19-5-4-18-17(3-2-7-24-18)21(19)25-15-6-8-26(12-15)13-20(28)27-11-14(22)9-16(27)10-23/h2-5,7,14-16,25H,6,8-9,11-13H2,1H3/t14-,15-,16-/m0/s1. The lowest BCUT2D eigenvalue weighted by Crippen LogP contribution is -2.42. The number of hydrogen-bond donors (Lipinski definition) is 1. The summed E-state index contributed by atoms with van der Waals surface area (Å²) in [6, 6.07) is 9.27. The first-order chi connectivity index (χ1) is 14.1. The van der Waals surface area contributed by atoms with Gasteiger partial charge in [-0.15, -0.1) is 0 Å². The van der Waals surface area contributed by atoms with E-state index < -0.39 is 12.2 Å². The highest BCUT2D eigenvalue weighted by atomic mass is 19.1. The molecule has 0 saturated carbocycles. The molecule has 0 aliphatic carbocycles. The van der Waals surface area contributed by atoms with E-state index >= 15 is 0 Å². The van der Waals surface area contributed by atoms with Gasteiger partial charge in [0.15, 0.2) is 0 Å². The van der Waals surface area contributed by atoms with E-state index in [9.17, 15) is 9.18 Å². The molecule has 2 aliphatic rings. The first-order valence-corrected chi connectivity index (χ1v) is 9.83. The fraction of sp³-hybridized carbons (Fsp3) is 0.476. The number of carbonyl (C=O) groups is 1. The van der Waals surface area contributed by atoms with Crippen molar-refractivity contribution >= 4 is 22.5 Å². The first kappa shape index (κ1) is 19.4. The lowest BCUT2D eigenvalue weighted by Gasteiger charge is -2.23. The van der Waals surface area contributed by atoms with Gasteiger partial charge in [-0.25, -0.2) is 4.39 Å². The molecule has 0 unspecified atom stereocenters. The van der Waals surface area contributed by atoms with Crippen molar-refractivity contribution in [2.45, 2.75) is 31.1 Å². The highest BCUT2D eigenvalue weighted by molar-refractivity contribution is 5.94. The molecule has 2 saturated heterocycles. The number of likely N-dealkylation sites (tertiary alicyclic amines) is 2. The third-order valence-electron chi connectivity index (χ3n) is 5.67. The molecule has 2 fully saturated rings. The number of amides is 1. The van der Waals surface area contributed by atoms with Crippen LogP contribution in [0.1, 0.15) is 12.8 Å². The molecule has 7 nitrogen and oxygen atoms in total. The molecule has 8 heteroatoms. The molecule has 0 bridgehead atoms. The van der Waals surface area contributed by atoms with Crippen LogP contribution in [0.15, 0.2) is 30.5 Å². The summed E-state index contributed by atoms with van der Waals surface area (Å²) in [7, 11) is 1.64. The van der Waals surface area contributed by atoms with Crippen LogP contribution in [-0.2, 0) is 4.79 Å². The third-order valence-corrected chi connectivity index (χ3v) is 5.67. The van der Waals surface area contributed by atoms with E-state index in [0.29, 0.717) is 6.54 Å². The number of aromatic nitrogens is 1. The number of nitrogens with one attached hydrogen (secondary N) is 1. The molecule has 29 heavy (non-hydrogen) atoms. The van der Waals surface area contributed by atoms with Gasteiger partial charge in [0, 0.05) is 37.1 Å². The minimum Gasteiger partial charge on any atom is -0.495 e. The maximum absolute atomic E-state index is 13.6. The Kier molecular flexibility index (Phi) is 5.49. The van der Waals surface area contributed by atoms with Crippen LogP contribution in [0, 0.1) is 11.3 Å². The monoisotopic (exact) mass is 397 g/mol. The molecule has 1 amide bonds. The molecule has 152 valence electrons. The summed E-state index contributed by atoms with van der Waals surface area (Å²) in [4.78, 5) is 20.4. The molecule has 2 aliphatic heterocycles. The number of methoxy groups -OCH3 is 1. The molecule has 1 aromatic carbocycles. The fourth-order valence-corrected chi connectivity index (χ4v) is 4.21. The Balaban J connectivity index is 1.42. The zero-order valence-electron chi connectivity index (χ0n) is 16.3. The van der Waals surface area contributed by atoms with Gasteiger partial charge in [-0.2, -0.15) is 5.26 Å². The number of rotatable bonds is 5. The second-order valence-corrected chi connectivity index (χ2v) is 7.60. The maximum Gasteiger partial charge on any atom is 0.237 e. The zero-order valence-corrected chi connectivity index (χ0v) is 16.3. The van der Waals surface area contributed by atoms with Crippen LogP contribution in [0.3, 0.4) is 0 Å². The van der Waals surface area contributed by atoms with Gasteiger partial charge in [-0.3, -0.25) is 14.7 Å². The summed E-state index contributed by atoms with van der Waals surface area (Å²) >= 11 is 0. The van der Waals surface area contributed by atoms with Crippen molar-refractivity contribution < 1.29 is 13.9 Å². The largest absolute Gasteiger partial charge is 0.495 e. The minimum atomic E-state index is -1.11. The van der Waals surface area contributed by atoms with Gasteiger partial charge in [0.25, 0.3) is 0 Å². The molecule has 1 N–H and O–H groups in total. The lowest BCUT2D eigenvalue weighted by atomic mass is 10.1. The Labute approximate surface area is 169 Å². The van der Waals surface area contributed by atoms with Crippen molar-refractivity contribution in [2.75, 3.05) is 38.6 Å². The number of anilines is 1. The normalized spacial score (nSPS) is 24.6. The summed E-state index contributed by atoms with van der Waals surface area (Å²) in [5.74, 6) is 0.576. The summed E-state index contributed by atoms with van der Waals surface area (Å²) in [6.07, 6.45) is 1.64. The number of alkyl halides is 1. The number of halogens is 1. The molecule has 0 spiro atoms. The quantitative estimate of drug-likeness (QED) is 0.833. The molecular weight excluding hydrogens is 373 g/mol. The Bertz CT molecular complexity index is 946. The number of benzene rings is 1. The van der Waals surface area contributed by atoms with Gasteiger partial charge in [-0.1, -0.05) is 0 Å². The number of ether oxygens (including phenoxy) is 1. The van der Waals surface area contributed by atoms with Crippen LogP contribution in [-0.4, -0.2) is 72.2 Å². The Morgan fingerprint density at radius 2 is 2.28 bits per heavy atom. The summed E-state index contributed by atoms with van der Waals surface area (Å²) in [6.45, 7) is 1.68. The van der Waals surface area contributed by atoms with E-state index in [-0.39, 0.29) is 31.5 Å². The van der Waals surface area contributed by atoms with Crippen molar-refractivity contribution in [2.24, 2.45) is 0 Å². The van der Waals surface area contributed by atoms with E-state index in [1.165, 1.54) is 4.90 Å². The molecule has 4 rings (SSSR count). The Morgan fingerprint density at radius 3 is 3.07 bits per heavy atom. The Morgan fingerprint density at radius 1 is 1.41 bits per heavy atom. The van der Waals surface area contributed by atoms with Gasteiger partial charge in [0.2, 0.25) is 5.91 Å². The fourth-order valence-electron chi connectivity index (χ4n) is 4.21. The number of nitrogens with zero attached hydrogens (tertiary/aromatic N) is 4. The van der Waals surface area contributed by atoms with Crippen LogP contribution in [0.4, 0.5) is 10.1 Å². The SMILES string of the molecule is COc1ccc2ncccc2c1N[C@H]1CCN(CC(=O)N2C[C@@H](F)C[C@H]2C#N)C1. The smallest absolute Gasteiger partial charge is 0.237 e. The number of carbonyl (C=O) groups excluding carboxylic acids is 1. The van der Waals surface area contributed by atoms with Crippen molar-refractivity contribution in [1.82, 2.24) is 14.8 Å². The van der Waals surface area contributed by atoms with Gasteiger partial charge >= 0.3 is 0 Å². The van der Waals surface area contributed by atoms with E-state index in [2.05, 4.69) is 15.2 Å². The zero-order chi connectivity index (χ0) is 20.4. The highest BCUT2D eigenvalue weighted by Gasteiger charge is 2.36. The average molecular weight is 397 g/mol. The molecular formula is C21H24FN5O2. The van der Waals surface area contributed by atoms with E-state index in [1.54, 1.807) is 13.3 Å². The maximum atomic E-state index is 13.6. The van der Waals surface area contributed by atoms with Crippen LogP contribution in [0.5, 0.6) is 5.75 Å². The molecule has 3 atom stereocenters. The molecule has 2 aromatic rings. The number of hydrogen-bond acceptors (Lipinski definition) is 6. The number of pyridine rings is 1. The molecule has 3 heterocycles. The van der Waals surface area contributed by atoms with Crippen molar-refractivity contribution in [1.29, 1.82) is 5.26 Å². The summed E-state index contributed by atoms with van der Waals surface area (Å²) < 4.78 is 19.1. The van der Waals surface area contributed by atoms with E-state index in [1.807, 2.05) is 30.3 Å². The van der Waals surface area contributed by atoms with Crippen LogP contribution >= 0.6 is 0 Å². The highest BCUT2D eigenvalue weighted by Crippen LogP contribution is 2.33. The van der Waals surface area contributed by atoms with Gasteiger partial charge in [0.05, 0.1) is 37.5 Å². The molecule has 1 aromatic heterocycles. The van der Waals surface area contributed by atoms with Crippen molar-refractivity contribution in [3.05, 3.63) is 30.5 Å². The third kappa shape index (κ3) is 3.96. The van der Waals surface area contributed by atoms with Gasteiger partial charge in [0.1, 0.15) is 18.0 Å². The van der Waals surface area contributed by atoms with Crippen LogP contribution < -0.4 is 10.1 Å². The minimum absolute atomic E-state index is 0.0206. The van der Waals surface area contributed by atoms with Gasteiger partial charge in [-0.05, 0) is 30.7 Å². The second-order valence-electron chi connectivity index (χ2n) is 7.60. The topological polar surface area (TPSA) is 81.5 Å². The van der Waals surface area contributed by atoms with Crippen molar-refractivity contribution in [3.8, 4) is 11.8 Å². The van der Waals surface area contributed by atoms with E-state index in [4.69, 9.17) is 10.00 Å². The van der Waals surface area contributed by atoms with Crippen molar-refractivity contribution in [3.63, 3.8) is 0 Å². The predicted octanol–water partition coefficient (Wildman–Crippen LogP) is 2.19. The number of nitriles is 1. The Hall–Kier alpha value is -2.92. The van der Waals surface area contributed by atoms with Crippen LogP contribution in [0.25, 0.3) is 10.9 Å². The summed E-state index contributed by atoms with van der Waals surface area (Å²) in [5.41, 5.74) is 1.79. The molecule has 0 radical (unpaired) electrons. The lowest BCUT2D eigenvalue weighted by molar-refractivity contribution is -0.132. The van der Waals surface area contributed by atoms with Gasteiger partial charge < -0.3 is 15.0 Å². The predicted molar refractivity (Wildman–Crippen MR) is 107 cm³/mol. The van der Waals surface area contributed by atoms with Crippen LogP contribution in [0.2, 0.25) is 0 Å². The second kappa shape index (κ2) is 8.21. The summed E-state index contributed by atoms with van der Waals surface area (Å²) in [5, 5.41) is 13.7. The average Bonchev–Trinajstić information content (AvgIpc) is 3.34. The first-order valence-electron chi connectivity index (χ1n) is 9.83. The number of fused-ring (bicyclic) bond motifs is 1. The van der Waals surface area contributed by atoms with E-state index in [0.717, 1.165) is 35.3 Å².